The van der Waals surface area contributed by atoms with Crippen molar-refractivity contribution < 1.29 is 4.79 Å². The Kier molecular flexibility index (Phi) is 3.98. The van der Waals surface area contributed by atoms with Crippen molar-refractivity contribution in [1.82, 2.24) is 5.32 Å². The maximum atomic E-state index is 11.9. The summed E-state index contributed by atoms with van der Waals surface area (Å²) in [7, 11) is 4.05. The van der Waals surface area contributed by atoms with E-state index in [4.69, 9.17) is 0 Å². The average molecular weight is 261 g/mol. The first-order valence-electron chi connectivity index (χ1n) is 6.82. The highest BCUT2D eigenvalue weighted by molar-refractivity contribution is 5.85. The van der Waals surface area contributed by atoms with Gasteiger partial charge in [-0.25, -0.2) is 0 Å². The molecule has 0 aliphatic heterocycles. The van der Waals surface area contributed by atoms with Crippen molar-refractivity contribution in [2.24, 2.45) is 0 Å². The lowest BCUT2D eigenvalue weighted by atomic mass is 10.1. The number of nitrogens with one attached hydrogen (secondary N) is 2. The van der Waals surface area contributed by atoms with E-state index < -0.39 is 0 Å². The molecule has 0 radical (unpaired) electrons. The summed E-state index contributed by atoms with van der Waals surface area (Å²) in [4.78, 5) is 14.0. The number of anilines is 2. The molecule has 104 valence electrons. The van der Waals surface area contributed by atoms with E-state index in [-0.39, 0.29) is 11.9 Å². The fraction of sp³-hybridized carbons (Fsp3) is 0.533. The van der Waals surface area contributed by atoms with Crippen LogP contribution in [0, 0.1) is 6.92 Å². The number of carbonyl (C=O) groups excluding carboxylic acids is 1. The van der Waals surface area contributed by atoms with Gasteiger partial charge in [0.25, 0.3) is 0 Å². The zero-order chi connectivity index (χ0) is 14.0. The molecule has 1 atom stereocenters. The molecule has 2 N–H and O–H groups in total. The van der Waals surface area contributed by atoms with Gasteiger partial charge in [0.15, 0.2) is 0 Å². The number of aryl methyl sites for hydroxylation is 1. The van der Waals surface area contributed by atoms with Crippen molar-refractivity contribution >= 4 is 17.3 Å². The Morgan fingerprint density at radius 2 is 2.05 bits per heavy atom. The average Bonchev–Trinajstić information content (AvgIpc) is 3.15. The Bertz CT molecular complexity index is 466. The molecule has 1 unspecified atom stereocenters. The highest BCUT2D eigenvalue weighted by Crippen LogP contribution is 2.23. The summed E-state index contributed by atoms with van der Waals surface area (Å²) >= 11 is 0. The fourth-order valence-corrected chi connectivity index (χ4v) is 2.05. The summed E-state index contributed by atoms with van der Waals surface area (Å²) in [6.07, 6.45) is 2.24. The van der Waals surface area contributed by atoms with Crippen LogP contribution < -0.4 is 15.5 Å². The van der Waals surface area contributed by atoms with Crippen molar-refractivity contribution in [3.8, 4) is 0 Å². The van der Waals surface area contributed by atoms with Crippen LogP contribution in [0.1, 0.15) is 25.3 Å². The van der Waals surface area contributed by atoms with Gasteiger partial charge in [0.05, 0.1) is 0 Å². The van der Waals surface area contributed by atoms with Crippen molar-refractivity contribution in [2.45, 2.75) is 38.8 Å². The van der Waals surface area contributed by atoms with Gasteiger partial charge >= 0.3 is 0 Å². The molecule has 1 aliphatic carbocycles. The normalized spacial score (nSPS) is 15.8. The zero-order valence-corrected chi connectivity index (χ0v) is 12.2. The predicted octanol–water partition coefficient (Wildman–Crippen LogP) is 2.14. The van der Waals surface area contributed by atoms with Crippen LogP contribution in [-0.4, -0.2) is 32.1 Å². The van der Waals surface area contributed by atoms with E-state index in [1.54, 1.807) is 0 Å². The largest absolute Gasteiger partial charge is 0.377 e. The number of carbonyl (C=O) groups is 1. The monoisotopic (exact) mass is 261 g/mol. The van der Waals surface area contributed by atoms with Crippen LogP contribution in [0.2, 0.25) is 0 Å². The fourth-order valence-electron chi connectivity index (χ4n) is 2.05. The molecule has 0 bridgehead atoms. The molecule has 1 amide bonds. The lowest BCUT2D eigenvalue weighted by Gasteiger charge is -2.19. The molecule has 0 aromatic heterocycles. The summed E-state index contributed by atoms with van der Waals surface area (Å²) in [6, 6.07) is 6.37. The molecule has 0 heterocycles. The number of amides is 1. The first kappa shape index (κ1) is 13.7. The number of benzene rings is 1. The third-order valence-corrected chi connectivity index (χ3v) is 3.39. The van der Waals surface area contributed by atoms with Gasteiger partial charge in [-0.3, -0.25) is 4.79 Å². The molecule has 2 rings (SSSR count). The quantitative estimate of drug-likeness (QED) is 0.853. The molecule has 0 saturated heterocycles. The second kappa shape index (κ2) is 5.51. The van der Waals surface area contributed by atoms with Crippen LogP contribution in [-0.2, 0) is 4.79 Å². The van der Waals surface area contributed by atoms with E-state index in [0.717, 1.165) is 18.5 Å². The van der Waals surface area contributed by atoms with Gasteiger partial charge in [-0.1, -0.05) is 6.07 Å². The van der Waals surface area contributed by atoms with E-state index in [2.05, 4.69) is 34.6 Å². The Balaban J connectivity index is 2.01. The highest BCUT2D eigenvalue weighted by Gasteiger charge is 2.25. The van der Waals surface area contributed by atoms with Gasteiger partial charge < -0.3 is 15.5 Å². The zero-order valence-electron chi connectivity index (χ0n) is 12.2. The van der Waals surface area contributed by atoms with Crippen LogP contribution in [0.4, 0.5) is 11.4 Å². The summed E-state index contributed by atoms with van der Waals surface area (Å²) in [6.45, 7) is 3.98. The Morgan fingerprint density at radius 1 is 1.37 bits per heavy atom. The molecule has 1 fully saturated rings. The van der Waals surface area contributed by atoms with Crippen LogP contribution in [0.3, 0.4) is 0 Å². The van der Waals surface area contributed by atoms with Gasteiger partial charge in [-0.05, 0) is 44.4 Å². The molecule has 1 aromatic rings. The maximum absolute atomic E-state index is 11.9. The smallest absolute Gasteiger partial charge is 0.242 e. The first-order chi connectivity index (χ1) is 8.97. The molecular formula is C15H23N3O. The Labute approximate surface area is 115 Å². The van der Waals surface area contributed by atoms with Crippen LogP contribution in [0.15, 0.2) is 18.2 Å². The van der Waals surface area contributed by atoms with E-state index in [1.165, 1.54) is 11.3 Å². The molecular weight excluding hydrogens is 238 g/mol. The predicted molar refractivity (Wildman–Crippen MR) is 79.8 cm³/mol. The van der Waals surface area contributed by atoms with Gasteiger partial charge in [0.2, 0.25) is 5.91 Å². The number of rotatable bonds is 5. The van der Waals surface area contributed by atoms with Gasteiger partial charge in [-0.15, -0.1) is 0 Å². The lowest BCUT2D eigenvalue weighted by molar-refractivity contribution is -0.121. The Hall–Kier alpha value is -1.71. The lowest BCUT2D eigenvalue weighted by Crippen LogP contribution is -2.38. The minimum absolute atomic E-state index is 0.0782. The van der Waals surface area contributed by atoms with E-state index in [9.17, 15) is 4.79 Å². The third-order valence-electron chi connectivity index (χ3n) is 3.39. The molecule has 19 heavy (non-hydrogen) atoms. The third kappa shape index (κ3) is 3.63. The topological polar surface area (TPSA) is 44.4 Å². The summed E-state index contributed by atoms with van der Waals surface area (Å²) in [5.41, 5.74) is 3.37. The van der Waals surface area contributed by atoms with Gasteiger partial charge in [0.1, 0.15) is 6.04 Å². The second-order valence-corrected chi connectivity index (χ2v) is 5.54. The van der Waals surface area contributed by atoms with Crippen molar-refractivity contribution in [3.63, 3.8) is 0 Å². The number of nitrogens with zero attached hydrogens (tertiary/aromatic N) is 1. The minimum Gasteiger partial charge on any atom is -0.377 e. The summed E-state index contributed by atoms with van der Waals surface area (Å²) in [5, 5.41) is 6.27. The van der Waals surface area contributed by atoms with Gasteiger partial charge in [0, 0.05) is 31.5 Å². The van der Waals surface area contributed by atoms with Crippen LogP contribution in [0.5, 0.6) is 0 Å². The van der Waals surface area contributed by atoms with E-state index in [1.807, 2.05) is 27.1 Å². The summed E-state index contributed by atoms with van der Waals surface area (Å²) < 4.78 is 0. The van der Waals surface area contributed by atoms with E-state index >= 15 is 0 Å². The van der Waals surface area contributed by atoms with Crippen molar-refractivity contribution in [1.29, 1.82) is 0 Å². The van der Waals surface area contributed by atoms with Crippen LogP contribution >= 0.6 is 0 Å². The second-order valence-electron chi connectivity index (χ2n) is 5.54. The minimum atomic E-state index is -0.210. The Morgan fingerprint density at radius 3 is 2.63 bits per heavy atom. The molecule has 0 spiro atoms. The highest BCUT2D eigenvalue weighted by atomic mass is 16.2. The SMILES string of the molecule is Cc1ccc(NC(C)C(=O)NC2CC2)cc1N(C)C. The molecule has 1 aromatic carbocycles. The van der Waals surface area contributed by atoms with Crippen molar-refractivity contribution in [2.75, 3.05) is 24.3 Å². The molecule has 4 heteroatoms. The van der Waals surface area contributed by atoms with Gasteiger partial charge in [-0.2, -0.15) is 0 Å². The maximum Gasteiger partial charge on any atom is 0.242 e. The van der Waals surface area contributed by atoms with E-state index in [0.29, 0.717) is 6.04 Å². The molecule has 4 nitrogen and oxygen atoms in total. The molecule has 1 aliphatic rings. The number of hydrogen-bond acceptors (Lipinski definition) is 3. The van der Waals surface area contributed by atoms with Crippen molar-refractivity contribution in [3.05, 3.63) is 23.8 Å². The molecule has 1 saturated carbocycles. The number of hydrogen-bond donors (Lipinski definition) is 2. The standard InChI is InChI=1S/C15H23N3O/c1-10-5-6-13(9-14(10)18(3)4)16-11(2)15(19)17-12-7-8-12/h5-6,9,11-12,16H,7-8H2,1-4H3,(H,17,19). The van der Waals surface area contributed by atoms with Crippen LogP contribution in [0.25, 0.3) is 0 Å². The summed E-state index contributed by atoms with van der Waals surface area (Å²) in [5.74, 6) is 0.0782. The first-order valence-corrected chi connectivity index (χ1v) is 6.82.